The van der Waals surface area contributed by atoms with Crippen LogP contribution in [0.5, 0.6) is 0 Å². The number of carbonyl (C=O) groups is 1. The number of rotatable bonds is 3. The molecule has 8 heteroatoms. The highest BCUT2D eigenvalue weighted by molar-refractivity contribution is 9.10. The molecule has 2 aromatic carbocycles. The first-order chi connectivity index (χ1) is 13.0. The van der Waals surface area contributed by atoms with E-state index >= 15 is 0 Å². The standard InChI is InChI=1S/C19H15BrN4O2S/c1-12-4-2-3-5-15(12)22-19-24(17(25)9-27-19)11-23-10-21-16-7-6-13(20)8-14(16)18(23)26/h2-8,10H,9,11H2,1H3. The molecule has 0 spiro atoms. The number of nitrogens with zero attached hydrogens (tertiary/aromatic N) is 4. The summed E-state index contributed by atoms with van der Waals surface area (Å²) < 4.78 is 2.24. The highest BCUT2D eigenvalue weighted by atomic mass is 79.9. The summed E-state index contributed by atoms with van der Waals surface area (Å²) in [6, 6.07) is 13.1. The fourth-order valence-electron chi connectivity index (χ4n) is 2.80. The molecule has 1 aliphatic heterocycles. The number of halogens is 1. The quantitative estimate of drug-likeness (QED) is 0.620. The fourth-order valence-corrected chi connectivity index (χ4v) is 4.04. The lowest BCUT2D eigenvalue weighted by atomic mass is 10.2. The molecule has 136 valence electrons. The number of fused-ring (bicyclic) bond motifs is 1. The van der Waals surface area contributed by atoms with Gasteiger partial charge >= 0.3 is 0 Å². The second-order valence-electron chi connectivity index (χ2n) is 6.11. The van der Waals surface area contributed by atoms with Gasteiger partial charge in [-0.05, 0) is 36.8 Å². The van der Waals surface area contributed by atoms with Crippen LogP contribution in [0.3, 0.4) is 0 Å². The number of hydrogen-bond donors (Lipinski definition) is 0. The van der Waals surface area contributed by atoms with Crippen LogP contribution in [0.15, 0.2) is 63.1 Å². The minimum atomic E-state index is -0.193. The van der Waals surface area contributed by atoms with Crippen molar-refractivity contribution in [1.82, 2.24) is 14.5 Å². The Kier molecular flexibility index (Phi) is 4.84. The van der Waals surface area contributed by atoms with E-state index in [1.807, 2.05) is 37.3 Å². The van der Waals surface area contributed by atoms with Crippen molar-refractivity contribution < 1.29 is 4.79 Å². The number of hydrogen-bond acceptors (Lipinski definition) is 5. The van der Waals surface area contributed by atoms with Gasteiger partial charge in [-0.3, -0.25) is 19.1 Å². The molecule has 1 aliphatic rings. The number of benzene rings is 2. The number of carbonyl (C=O) groups excluding carboxylic acids is 1. The largest absolute Gasteiger partial charge is 0.280 e. The highest BCUT2D eigenvalue weighted by Gasteiger charge is 2.29. The molecule has 0 unspecified atom stereocenters. The fraction of sp³-hybridized carbons (Fsp3) is 0.158. The lowest BCUT2D eigenvalue weighted by molar-refractivity contribution is -0.125. The second-order valence-corrected chi connectivity index (χ2v) is 7.97. The van der Waals surface area contributed by atoms with Crippen molar-refractivity contribution in [1.29, 1.82) is 0 Å². The van der Waals surface area contributed by atoms with Gasteiger partial charge in [0.05, 0.1) is 28.7 Å². The maximum absolute atomic E-state index is 12.8. The zero-order chi connectivity index (χ0) is 19.0. The Morgan fingerprint density at radius 1 is 1.22 bits per heavy atom. The maximum Gasteiger partial charge on any atom is 0.262 e. The van der Waals surface area contributed by atoms with E-state index < -0.39 is 0 Å². The van der Waals surface area contributed by atoms with E-state index in [4.69, 9.17) is 0 Å². The number of amides is 1. The summed E-state index contributed by atoms with van der Waals surface area (Å²) in [5, 5.41) is 1.10. The van der Waals surface area contributed by atoms with Crippen molar-refractivity contribution >= 4 is 55.4 Å². The number of amidine groups is 1. The average molecular weight is 443 g/mol. The molecule has 6 nitrogen and oxygen atoms in total. The Hall–Kier alpha value is -2.45. The number of aryl methyl sites for hydroxylation is 1. The topological polar surface area (TPSA) is 67.6 Å². The molecule has 0 aliphatic carbocycles. The Morgan fingerprint density at radius 3 is 2.85 bits per heavy atom. The van der Waals surface area contributed by atoms with Gasteiger partial charge in [-0.15, -0.1) is 0 Å². The van der Waals surface area contributed by atoms with Crippen LogP contribution in [0.4, 0.5) is 5.69 Å². The molecule has 4 rings (SSSR count). The van der Waals surface area contributed by atoms with Gasteiger partial charge in [0.2, 0.25) is 5.91 Å². The number of para-hydroxylation sites is 1. The molecule has 27 heavy (non-hydrogen) atoms. The number of aromatic nitrogens is 2. The molecule has 0 N–H and O–H groups in total. The minimum absolute atomic E-state index is 0.0754. The Labute approximate surface area is 168 Å². The van der Waals surface area contributed by atoms with Crippen molar-refractivity contribution in [2.75, 3.05) is 5.75 Å². The molecular formula is C19H15BrN4O2S. The summed E-state index contributed by atoms with van der Waals surface area (Å²) >= 11 is 4.76. The third-order valence-corrected chi connectivity index (χ3v) is 5.72. The van der Waals surface area contributed by atoms with Crippen LogP contribution < -0.4 is 5.56 Å². The Balaban J connectivity index is 1.71. The lowest BCUT2D eigenvalue weighted by Crippen LogP contribution is -2.36. The average Bonchev–Trinajstić information content (AvgIpc) is 2.99. The van der Waals surface area contributed by atoms with E-state index in [2.05, 4.69) is 25.9 Å². The summed E-state index contributed by atoms with van der Waals surface area (Å²) in [6.45, 7) is 2.06. The highest BCUT2D eigenvalue weighted by Crippen LogP contribution is 2.26. The van der Waals surface area contributed by atoms with Crippen LogP contribution in [0.25, 0.3) is 10.9 Å². The van der Waals surface area contributed by atoms with Crippen LogP contribution in [0.1, 0.15) is 5.56 Å². The lowest BCUT2D eigenvalue weighted by Gasteiger charge is -2.17. The van der Waals surface area contributed by atoms with E-state index in [9.17, 15) is 9.59 Å². The molecule has 3 aromatic rings. The van der Waals surface area contributed by atoms with Crippen molar-refractivity contribution in [3.05, 3.63) is 69.2 Å². The molecule has 1 fully saturated rings. The van der Waals surface area contributed by atoms with Gasteiger partial charge in [0.1, 0.15) is 6.67 Å². The molecule has 2 heterocycles. The first kappa shape index (κ1) is 17.9. The van der Waals surface area contributed by atoms with E-state index in [0.29, 0.717) is 21.8 Å². The zero-order valence-corrected chi connectivity index (χ0v) is 16.8. The SMILES string of the molecule is Cc1ccccc1N=C1SCC(=O)N1Cn1cnc2ccc(Br)cc2c1=O. The second kappa shape index (κ2) is 7.28. The van der Waals surface area contributed by atoms with Crippen molar-refractivity contribution in [2.45, 2.75) is 13.6 Å². The van der Waals surface area contributed by atoms with Crippen LogP contribution in [0, 0.1) is 6.92 Å². The molecule has 0 atom stereocenters. The predicted octanol–water partition coefficient (Wildman–Crippen LogP) is 3.69. The summed E-state index contributed by atoms with van der Waals surface area (Å²) in [5.74, 6) is 0.236. The molecule has 0 bridgehead atoms. The number of thioether (sulfide) groups is 1. The smallest absolute Gasteiger partial charge is 0.262 e. The number of aliphatic imine (C=N–C) groups is 1. The first-order valence-electron chi connectivity index (χ1n) is 8.25. The summed E-state index contributed by atoms with van der Waals surface area (Å²) in [5.41, 5.74) is 2.27. The van der Waals surface area contributed by atoms with Gasteiger partial charge in [0, 0.05) is 4.47 Å². The van der Waals surface area contributed by atoms with Gasteiger partial charge < -0.3 is 0 Å². The molecule has 1 aromatic heterocycles. The monoisotopic (exact) mass is 442 g/mol. The van der Waals surface area contributed by atoms with Crippen molar-refractivity contribution in [2.24, 2.45) is 4.99 Å². The molecule has 1 saturated heterocycles. The Morgan fingerprint density at radius 2 is 2.04 bits per heavy atom. The van der Waals surface area contributed by atoms with Crippen molar-refractivity contribution in [3.8, 4) is 0 Å². The van der Waals surface area contributed by atoms with Crippen LogP contribution in [-0.2, 0) is 11.5 Å². The Bertz CT molecular complexity index is 1140. The summed E-state index contributed by atoms with van der Waals surface area (Å²) in [7, 11) is 0. The molecule has 1 amide bonds. The van der Waals surface area contributed by atoms with E-state index in [0.717, 1.165) is 15.7 Å². The van der Waals surface area contributed by atoms with Gasteiger partial charge in [-0.25, -0.2) is 9.98 Å². The van der Waals surface area contributed by atoms with Gasteiger partial charge in [0.15, 0.2) is 5.17 Å². The minimum Gasteiger partial charge on any atom is -0.280 e. The van der Waals surface area contributed by atoms with E-state index in [1.54, 1.807) is 12.1 Å². The van der Waals surface area contributed by atoms with Crippen LogP contribution in [0.2, 0.25) is 0 Å². The third-order valence-electron chi connectivity index (χ3n) is 4.27. The maximum atomic E-state index is 12.8. The summed E-state index contributed by atoms with van der Waals surface area (Å²) in [4.78, 5) is 35.7. The third kappa shape index (κ3) is 3.54. The van der Waals surface area contributed by atoms with E-state index in [1.165, 1.54) is 27.6 Å². The van der Waals surface area contributed by atoms with Gasteiger partial charge in [-0.1, -0.05) is 45.9 Å². The molecule has 0 saturated carbocycles. The predicted molar refractivity (Wildman–Crippen MR) is 111 cm³/mol. The van der Waals surface area contributed by atoms with Crippen LogP contribution >= 0.6 is 27.7 Å². The normalized spacial score (nSPS) is 15.9. The van der Waals surface area contributed by atoms with Gasteiger partial charge in [-0.2, -0.15) is 0 Å². The molecule has 0 radical (unpaired) electrons. The summed E-state index contributed by atoms with van der Waals surface area (Å²) in [6.07, 6.45) is 1.47. The van der Waals surface area contributed by atoms with Gasteiger partial charge in [0.25, 0.3) is 5.56 Å². The molecular weight excluding hydrogens is 428 g/mol. The zero-order valence-electron chi connectivity index (χ0n) is 14.4. The first-order valence-corrected chi connectivity index (χ1v) is 10.0. The van der Waals surface area contributed by atoms with E-state index in [-0.39, 0.29) is 18.1 Å². The van der Waals surface area contributed by atoms with Crippen LogP contribution in [-0.4, -0.2) is 31.3 Å². The van der Waals surface area contributed by atoms with Crippen molar-refractivity contribution in [3.63, 3.8) is 0 Å².